The van der Waals surface area contributed by atoms with E-state index < -0.39 is 0 Å². The number of nitrogens with zero attached hydrogens (tertiary/aromatic N) is 5. The summed E-state index contributed by atoms with van der Waals surface area (Å²) in [5.41, 5.74) is 9.69. The van der Waals surface area contributed by atoms with Crippen molar-refractivity contribution in [2.24, 2.45) is 5.73 Å². The average molecular weight is 361 g/mol. The Morgan fingerprint density at radius 2 is 2.07 bits per heavy atom. The van der Waals surface area contributed by atoms with E-state index in [-0.39, 0.29) is 0 Å². The fourth-order valence-corrected chi connectivity index (χ4v) is 3.54. The molecule has 1 aliphatic rings. The third kappa shape index (κ3) is 2.74. The topological polar surface area (TPSA) is 103 Å². The van der Waals surface area contributed by atoms with Gasteiger partial charge in [0.25, 0.3) is 0 Å². The van der Waals surface area contributed by atoms with Gasteiger partial charge >= 0.3 is 0 Å². The van der Waals surface area contributed by atoms with Gasteiger partial charge < -0.3 is 15.8 Å². The highest BCUT2D eigenvalue weighted by Crippen LogP contribution is 2.30. The second-order valence-electron chi connectivity index (χ2n) is 6.83. The molecule has 1 aliphatic carbocycles. The van der Waals surface area contributed by atoms with E-state index in [9.17, 15) is 0 Å². The molecule has 0 aliphatic heterocycles. The van der Waals surface area contributed by atoms with Crippen LogP contribution in [0.5, 0.6) is 5.88 Å². The molecule has 136 valence electrons. The molecule has 0 bridgehead atoms. The van der Waals surface area contributed by atoms with Crippen molar-refractivity contribution in [2.45, 2.75) is 24.9 Å². The Morgan fingerprint density at radius 3 is 2.89 bits per heavy atom. The molecule has 8 heteroatoms. The first kappa shape index (κ1) is 16.0. The number of aromatic nitrogens is 5. The lowest BCUT2D eigenvalue weighted by molar-refractivity contribution is 0.371. The van der Waals surface area contributed by atoms with Crippen molar-refractivity contribution < 1.29 is 4.74 Å². The molecule has 0 amide bonds. The van der Waals surface area contributed by atoms with Gasteiger partial charge in [0.1, 0.15) is 6.33 Å². The van der Waals surface area contributed by atoms with Crippen molar-refractivity contribution in [3.8, 4) is 17.0 Å². The molecule has 0 saturated heterocycles. The number of hydrogen-bond acceptors (Lipinski definition) is 7. The first-order valence-corrected chi connectivity index (χ1v) is 8.87. The largest absolute Gasteiger partial charge is 0.480 e. The van der Waals surface area contributed by atoms with Crippen LogP contribution in [-0.2, 0) is 0 Å². The van der Waals surface area contributed by atoms with Crippen molar-refractivity contribution in [3.63, 3.8) is 0 Å². The number of hydrogen-bond donors (Lipinski definition) is 2. The van der Waals surface area contributed by atoms with E-state index in [0.717, 1.165) is 40.4 Å². The van der Waals surface area contributed by atoms with Gasteiger partial charge in [-0.2, -0.15) is 0 Å². The van der Waals surface area contributed by atoms with E-state index in [1.165, 1.54) is 6.33 Å². The van der Waals surface area contributed by atoms with Crippen LogP contribution in [0.3, 0.4) is 0 Å². The van der Waals surface area contributed by atoms with E-state index in [1.54, 1.807) is 7.11 Å². The molecule has 3 aromatic heterocycles. The van der Waals surface area contributed by atoms with Crippen molar-refractivity contribution in [1.82, 2.24) is 24.6 Å². The van der Waals surface area contributed by atoms with E-state index >= 15 is 0 Å². The second kappa shape index (κ2) is 6.17. The van der Waals surface area contributed by atoms with Crippen LogP contribution in [0.2, 0.25) is 0 Å². The van der Waals surface area contributed by atoms with Crippen LogP contribution in [0.1, 0.15) is 12.8 Å². The van der Waals surface area contributed by atoms with Gasteiger partial charge in [-0.3, -0.25) is 0 Å². The molecule has 0 spiro atoms. The SMILES string of the molecule is COc1ncnc2ccc(-c3ccn4nc(N[C@H]5C[C@@H](N)C5)ncc34)cc12. The molecule has 8 nitrogen and oxygen atoms in total. The standard InChI is InChI=1S/C19H19N7O/c1-27-18-15-6-11(2-3-16(15)22-10-23-18)14-4-5-26-17(14)9-21-19(25-26)24-13-7-12(20)8-13/h2-6,9-10,12-13H,7-8,20H2,1H3,(H,24,25)/t12-,13+. The number of ether oxygens (including phenoxy) is 1. The molecule has 1 fully saturated rings. The Kier molecular flexibility index (Phi) is 3.64. The number of nitrogens with one attached hydrogen (secondary N) is 1. The van der Waals surface area contributed by atoms with Gasteiger partial charge in [0.2, 0.25) is 11.8 Å². The maximum absolute atomic E-state index is 5.84. The maximum atomic E-state index is 5.84. The van der Waals surface area contributed by atoms with Crippen molar-refractivity contribution in [3.05, 3.63) is 43.0 Å². The molecule has 3 N–H and O–H groups in total. The van der Waals surface area contributed by atoms with E-state index in [0.29, 0.717) is 23.9 Å². The normalized spacial score (nSPS) is 19.2. The minimum Gasteiger partial charge on any atom is -0.480 e. The lowest BCUT2D eigenvalue weighted by Crippen LogP contribution is -2.44. The molecule has 5 rings (SSSR count). The molecule has 4 aromatic rings. The van der Waals surface area contributed by atoms with Crippen LogP contribution in [0.4, 0.5) is 5.95 Å². The predicted molar refractivity (Wildman–Crippen MR) is 103 cm³/mol. The van der Waals surface area contributed by atoms with Crippen LogP contribution in [0, 0.1) is 0 Å². The van der Waals surface area contributed by atoms with Crippen molar-refractivity contribution >= 4 is 22.4 Å². The third-order valence-corrected chi connectivity index (χ3v) is 5.03. The summed E-state index contributed by atoms with van der Waals surface area (Å²) >= 11 is 0. The predicted octanol–water partition coefficient (Wildman–Crippen LogP) is 2.25. The van der Waals surface area contributed by atoms with Crippen molar-refractivity contribution in [2.75, 3.05) is 12.4 Å². The smallest absolute Gasteiger partial charge is 0.241 e. The number of methoxy groups -OCH3 is 1. The number of benzene rings is 1. The zero-order valence-electron chi connectivity index (χ0n) is 14.8. The van der Waals surface area contributed by atoms with Crippen LogP contribution < -0.4 is 15.8 Å². The fraction of sp³-hybridized carbons (Fsp3) is 0.263. The van der Waals surface area contributed by atoms with Gasteiger partial charge in [-0.15, -0.1) is 5.10 Å². The molecule has 0 unspecified atom stereocenters. The Balaban J connectivity index is 1.52. The molecule has 27 heavy (non-hydrogen) atoms. The van der Waals surface area contributed by atoms with Gasteiger partial charge in [0.15, 0.2) is 0 Å². The summed E-state index contributed by atoms with van der Waals surface area (Å²) in [4.78, 5) is 13.0. The summed E-state index contributed by atoms with van der Waals surface area (Å²) in [7, 11) is 1.61. The minimum atomic E-state index is 0.290. The van der Waals surface area contributed by atoms with Crippen LogP contribution in [-0.4, -0.2) is 43.8 Å². The Morgan fingerprint density at radius 1 is 1.19 bits per heavy atom. The summed E-state index contributed by atoms with van der Waals surface area (Å²) in [5.74, 6) is 1.18. The summed E-state index contributed by atoms with van der Waals surface area (Å²) in [6.45, 7) is 0. The van der Waals surface area contributed by atoms with Crippen molar-refractivity contribution in [1.29, 1.82) is 0 Å². The van der Waals surface area contributed by atoms with Gasteiger partial charge in [-0.25, -0.2) is 19.5 Å². The van der Waals surface area contributed by atoms with Gasteiger partial charge in [-0.05, 0) is 36.6 Å². The number of nitrogens with two attached hydrogens (primary N) is 1. The highest BCUT2D eigenvalue weighted by atomic mass is 16.5. The summed E-state index contributed by atoms with van der Waals surface area (Å²) in [6, 6.07) is 8.72. The van der Waals surface area contributed by atoms with Gasteiger partial charge in [0, 0.05) is 23.8 Å². The number of anilines is 1. The summed E-state index contributed by atoms with van der Waals surface area (Å²) in [6.07, 6.45) is 7.20. The highest BCUT2D eigenvalue weighted by molar-refractivity contribution is 5.91. The van der Waals surface area contributed by atoms with Crippen LogP contribution >= 0.6 is 0 Å². The zero-order chi connectivity index (χ0) is 18.4. The first-order valence-electron chi connectivity index (χ1n) is 8.87. The average Bonchev–Trinajstić information content (AvgIpc) is 3.09. The lowest BCUT2D eigenvalue weighted by atomic mass is 9.88. The molecule has 0 radical (unpaired) electrons. The second-order valence-corrected chi connectivity index (χ2v) is 6.83. The van der Waals surface area contributed by atoms with Gasteiger partial charge in [-0.1, -0.05) is 6.07 Å². The number of fused-ring (bicyclic) bond motifs is 2. The summed E-state index contributed by atoms with van der Waals surface area (Å²) in [5, 5.41) is 8.77. The molecule has 1 aromatic carbocycles. The minimum absolute atomic E-state index is 0.290. The van der Waals surface area contributed by atoms with Crippen LogP contribution in [0.15, 0.2) is 43.0 Å². The first-order chi connectivity index (χ1) is 13.2. The summed E-state index contributed by atoms with van der Waals surface area (Å²) < 4.78 is 7.20. The Bertz CT molecular complexity index is 1130. The Hall–Kier alpha value is -3.26. The maximum Gasteiger partial charge on any atom is 0.241 e. The third-order valence-electron chi connectivity index (χ3n) is 5.03. The molecule has 1 saturated carbocycles. The molecule has 3 heterocycles. The molecular formula is C19H19N7O. The van der Waals surface area contributed by atoms with E-state index in [2.05, 4.69) is 25.4 Å². The zero-order valence-corrected chi connectivity index (χ0v) is 14.8. The number of rotatable bonds is 4. The quantitative estimate of drug-likeness (QED) is 0.574. The highest BCUT2D eigenvalue weighted by Gasteiger charge is 2.26. The Labute approximate surface area is 155 Å². The fourth-order valence-electron chi connectivity index (χ4n) is 3.54. The molecule has 0 atom stereocenters. The molecular weight excluding hydrogens is 342 g/mol. The monoisotopic (exact) mass is 361 g/mol. The lowest BCUT2D eigenvalue weighted by Gasteiger charge is -2.32. The van der Waals surface area contributed by atoms with Crippen LogP contribution in [0.25, 0.3) is 27.5 Å². The van der Waals surface area contributed by atoms with E-state index in [1.807, 2.05) is 41.2 Å². The van der Waals surface area contributed by atoms with Gasteiger partial charge in [0.05, 0.1) is 29.7 Å². The van der Waals surface area contributed by atoms with E-state index in [4.69, 9.17) is 10.5 Å².